The molecule has 2 heterocycles. The van der Waals surface area contributed by atoms with E-state index in [-0.39, 0.29) is 0 Å². The molecular weight excluding hydrogens is 391 g/mol. The van der Waals surface area contributed by atoms with E-state index in [0.29, 0.717) is 12.5 Å². The van der Waals surface area contributed by atoms with Gasteiger partial charge in [0.2, 0.25) is 0 Å². The fourth-order valence-corrected chi connectivity index (χ4v) is 5.14. The highest BCUT2D eigenvalue weighted by molar-refractivity contribution is 7.80. The number of rotatable bonds is 6. The fraction of sp³-hybridized carbons (Fsp3) is 0.462. The summed E-state index contributed by atoms with van der Waals surface area (Å²) in [5.41, 5.74) is 4.08. The van der Waals surface area contributed by atoms with Crippen molar-refractivity contribution in [1.29, 1.82) is 0 Å². The number of piperidine rings is 1. The summed E-state index contributed by atoms with van der Waals surface area (Å²) in [6, 6.07) is 17.5. The first-order valence-electron chi connectivity index (χ1n) is 11.1. The third-order valence-corrected chi connectivity index (χ3v) is 6.81. The lowest BCUT2D eigenvalue weighted by molar-refractivity contribution is 0.0924. The van der Waals surface area contributed by atoms with Gasteiger partial charge >= 0.3 is 0 Å². The third kappa shape index (κ3) is 4.92. The topological polar surface area (TPSA) is 8.17 Å². The maximum absolute atomic E-state index is 14.0. The van der Waals surface area contributed by atoms with E-state index in [1.807, 2.05) is 0 Å². The molecule has 0 spiro atoms. The van der Waals surface area contributed by atoms with Gasteiger partial charge in [-0.15, -0.1) is 12.6 Å². The maximum Gasteiger partial charge on any atom is 0.118 e. The summed E-state index contributed by atoms with van der Waals surface area (Å²) >= 11 is 5.00. The molecule has 0 unspecified atom stereocenters. The molecule has 1 saturated heterocycles. The Bertz CT molecular complexity index is 992. The minimum atomic E-state index is -1.12. The average molecular weight is 425 g/mol. The van der Waals surface area contributed by atoms with Crippen LogP contribution in [0.1, 0.15) is 43.4 Å². The quantitative estimate of drug-likeness (QED) is 0.457. The first-order valence-corrected chi connectivity index (χ1v) is 11.5. The molecule has 1 aliphatic heterocycles. The number of benzene rings is 2. The Hall–Kier alpha value is -1.78. The number of aryl methyl sites for hydroxylation is 1. The largest absolute Gasteiger partial charge is 0.335 e. The summed E-state index contributed by atoms with van der Waals surface area (Å²) < 4.78 is 16.4. The molecule has 1 aromatic heterocycles. The monoisotopic (exact) mass is 424 g/mol. The first-order chi connectivity index (χ1) is 14.3. The molecule has 2 aromatic carbocycles. The van der Waals surface area contributed by atoms with Crippen molar-refractivity contribution in [1.82, 2.24) is 9.47 Å². The molecule has 160 valence electrons. The maximum atomic E-state index is 14.0. The van der Waals surface area contributed by atoms with Crippen LogP contribution < -0.4 is 0 Å². The molecule has 0 N–H and O–H groups in total. The minimum Gasteiger partial charge on any atom is -0.335 e. The molecule has 0 atom stereocenters. The number of thiol groups is 1. The van der Waals surface area contributed by atoms with Gasteiger partial charge in [0, 0.05) is 30.4 Å². The summed E-state index contributed by atoms with van der Waals surface area (Å²) in [5, 5.41) is 2.39. The van der Waals surface area contributed by atoms with Gasteiger partial charge in [-0.05, 0) is 69.8 Å². The van der Waals surface area contributed by atoms with E-state index in [1.165, 1.54) is 27.6 Å². The van der Waals surface area contributed by atoms with Gasteiger partial charge in [0.1, 0.15) is 5.67 Å². The number of likely N-dealkylation sites (tertiary alicyclic amines) is 1. The van der Waals surface area contributed by atoms with Crippen molar-refractivity contribution in [2.45, 2.75) is 57.3 Å². The third-order valence-electron chi connectivity index (χ3n) is 6.29. The number of halogens is 1. The van der Waals surface area contributed by atoms with Gasteiger partial charge in [-0.25, -0.2) is 4.39 Å². The molecule has 4 heteroatoms. The van der Waals surface area contributed by atoms with Crippen LogP contribution in [0.5, 0.6) is 0 Å². The predicted molar refractivity (Wildman–Crippen MR) is 128 cm³/mol. The van der Waals surface area contributed by atoms with E-state index in [2.05, 4.69) is 64.9 Å². The van der Waals surface area contributed by atoms with Gasteiger partial charge in [0.15, 0.2) is 0 Å². The Kier molecular flexibility index (Phi) is 6.26. The van der Waals surface area contributed by atoms with Crippen LogP contribution in [-0.4, -0.2) is 34.8 Å². The van der Waals surface area contributed by atoms with Crippen LogP contribution in [0.25, 0.3) is 10.9 Å². The van der Waals surface area contributed by atoms with Gasteiger partial charge in [0.05, 0.1) is 5.03 Å². The smallest absolute Gasteiger partial charge is 0.118 e. The van der Waals surface area contributed by atoms with Crippen LogP contribution in [0.2, 0.25) is 0 Å². The van der Waals surface area contributed by atoms with Crippen molar-refractivity contribution in [2.24, 2.45) is 5.92 Å². The number of hydrogen-bond acceptors (Lipinski definition) is 2. The summed E-state index contributed by atoms with van der Waals surface area (Å²) in [7, 11) is 0. The Morgan fingerprint density at radius 3 is 2.37 bits per heavy atom. The van der Waals surface area contributed by atoms with Crippen LogP contribution in [0.15, 0.2) is 53.6 Å². The van der Waals surface area contributed by atoms with Gasteiger partial charge in [-0.3, -0.25) is 0 Å². The number of fused-ring (bicyclic) bond motifs is 1. The predicted octanol–water partition coefficient (Wildman–Crippen LogP) is 6.29. The molecule has 1 aliphatic rings. The van der Waals surface area contributed by atoms with Crippen LogP contribution in [0, 0.1) is 12.8 Å². The Balaban J connectivity index is 1.53. The standard InChI is InChI=1S/C26H33FN2S/c1-19-8-10-20(11-9-19)16-23-22-6-4-5-7-24(22)29(25(23)30)17-21-12-14-28(15-13-21)18-26(2,3)27/h4-11,21,30H,12-18H2,1-3H3. The fourth-order valence-electron chi connectivity index (χ4n) is 4.75. The Labute approximate surface area is 185 Å². The average Bonchev–Trinajstić information content (AvgIpc) is 2.96. The molecule has 30 heavy (non-hydrogen) atoms. The zero-order valence-electron chi connectivity index (χ0n) is 18.4. The van der Waals surface area contributed by atoms with Gasteiger partial charge in [0.25, 0.3) is 0 Å². The van der Waals surface area contributed by atoms with Gasteiger partial charge in [-0.1, -0.05) is 48.0 Å². The van der Waals surface area contributed by atoms with Crippen molar-refractivity contribution in [2.75, 3.05) is 19.6 Å². The Morgan fingerprint density at radius 2 is 1.70 bits per heavy atom. The van der Waals surface area contributed by atoms with Crippen LogP contribution in [0.3, 0.4) is 0 Å². The van der Waals surface area contributed by atoms with Crippen LogP contribution >= 0.6 is 12.6 Å². The number of aromatic nitrogens is 1. The van der Waals surface area contributed by atoms with Crippen molar-refractivity contribution in [3.63, 3.8) is 0 Å². The lowest BCUT2D eigenvalue weighted by Crippen LogP contribution is -2.41. The van der Waals surface area contributed by atoms with Gasteiger partial charge < -0.3 is 9.47 Å². The first kappa shape index (κ1) is 21.5. The summed E-state index contributed by atoms with van der Waals surface area (Å²) in [5.74, 6) is 0.609. The molecule has 3 aromatic rings. The number of para-hydroxylation sites is 1. The van der Waals surface area contributed by atoms with Crippen molar-refractivity contribution in [3.05, 3.63) is 65.2 Å². The minimum absolute atomic E-state index is 0.532. The number of alkyl halides is 1. The molecule has 4 rings (SSSR count). The summed E-state index contributed by atoms with van der Waals surface area (Å²) in [6.07, 6.45) is 3.13. The van der Waals surface area contributed by atoms with E-state index in [9.17, 15) is 4.39 Å². The molecule has 2 nitrogen and oxygen atoms in total. The highest BCUT2D eigenvalue weighted by Gasteiger charge is 2.26. The number of hydrogen-bond donors (Lipinski definition) is 1. The highest BCUT2D eigenvalue weighted by Crippen LogP contribution is 2.33. The molecule has 0 bridgehead atoms. The normalized spacial score (nSPS) is 16.4. The van der Waals surface area contributed by atoms with E-state index in [0.717, 1.165) is 43.9 Å². The van der Waals surface area contributed by atoms with E-state index in [1.54, 1.807) is 13.8 Å². The summed E-state index contributed by atoms with van der Waals surface area (Å²) in [6.45, 7) is 8.96. The SMILES string of the molecule is Cc1ccc(Cc2c(S)n(CC3CCN(CC(C)(C)F)CC3)c3ccccc23)cc1. The van der Waals surface area contributed by atoms with Crippen molar-refractivity contribution in [3.8, 4) is 0 Å². The Morgan fingerprint density at radius 1 is 1.03 bits per heavy atom. The second-order valence-electron chi connectivity index (χ2n) is 9.53. The zero-order chi connectivity index (χ0) is 21.3. The van der Waals surface area contributed by atoms with Gasteiger partial charge in [-0.2, -0.15) is 0 Å². The van der Waals surface area contributed by atoms with E-state index in [4.69, 9.17) is 12.6 Å². The summed E-state index contributed by atoms with van der Waals surface area (Å²) in [4.78, 5) is 2.27. The van der Waals surface area contributed by atoms with Crippen LogP contribution in [0.4, 0.5) is 4.39 Å². The highest BCUT2D eigenvalue weighted by atomic mass is 32.1. The molecule has 0 radical (unpaired) electrons. The van der Waals surface area contributed by atoms with E-state index >= 15 is 0 Å². The number of nitrogens with zero attached hydrogens (tertiary/aromatic N) is 2. The lowest BCUT2D eigenvalue weighted by atomic mass is 9.95. The lowest BCUT2D eigenvalue weighted by Gasteiger charge is -2.34. The second-order valence-corrected chi connectivity index (χ2v) is 9.95. The zero-order valence-corrected chi connectivity index (χ0v) is 19.3. The molecule has 0 aliphatic carbocycles. The van der Waals surface area contributed by atoms with Crippen LogP contribution in [-0.2, 0) is 13.0 Å². The van der Waals surface area contributed by atoms with E-state index < -0.39 is 5.67 Å². The molecule has 1 fully saturated rings. The molecular formula is C26H33FN2S. The van der Waals surface area contributed by atoms with Crippen molar-refractivity contribution < 1.29 is 4.39 Å². The molecule has 0 saturated carbocycles. The van der Waals surface area contributed by atoms with Crippen molar-refractivity contribution >= 4 is 23.5 Å². The molecule has 0 amide bonds. The second kappa shape index (κ2) is 8.76.